The van der Waals surface area contributed by atoms with E-state index in [1.807, 2.05) is 6.92 Å². The number of benzene rings is 1. The molecule has 0 saturated heterocycles. The van der Waals surface area contributed by atoms with E-state index in [2.05, 4.69) is 10.0 Å². The maximum Gasteiger partial charge on any atom is 0.244 e. The van der Waals surface area contributed by atoms with Crippen molar-refractivity contribution in [1.82, 2.24) is 10.0 Å². The highest BCUT2D eigenvalue weighted by molar-refractivity contribution is 7.89. The zero-order chi connectivity index (χ0) is 16.1. The van der Waals surface area contributed by atoms with Crippen LogP contribution >= 0.6 is 0 Å². The van der Waals surface area contributed by atoms with Crippen molar-refractivity contribution in [2.24, 2.45) is 0 Å². The monoisotopic (exact) mass is 318 g/mol. The molecule has 0 radical (unpaired) electrons. The van der Waals surface area contributed by atoms with Crippen LogP contribution in [0.3, 0.4) is 0 Å². The van der Waals surface area contributed by atoms with Crippen LogP contribution in [0.5, 0.6) is 0 Å². The summed E-state index contributed by atoms with van der Waals surface area (Å²) in [6, 6.07) is 4.09. The van der Waals surface area contributed by atoms with Gasteiger partial charge in [-0.25, -0.2) is 17.5 Å². The van der Waals surface area contributed by atoms with Crippen LogP contribution < -0.4 is 10.0 Å². The Bertz CT molecular complexity index is 574. The van der Waals surface area contributed by atoms with Crippen molar-refractivity contribution in [3.63, 3.8) is 0 Å². The maximum absolute atomic E-state index is 13.9. The molecule has 1 aromatic carbocycles. The van der Waals surface area contributed by atoms with Gasteiger partial charge in [-0.3, -0.25) is 0 Å². The SMILES string of the molecule is CCNCc1ccc(F)c(S(=O)(=O)NC(C)(C)COC)c1. The van der Waals surface area contributed by atoms with Crippen molar-refractivity contribution < 1.29 is 17.5 Å². The first-order chi connectivity index (χ1) is 9.72. The Morgan fingerprint density at radius 1 is 1.33 bits per heavy atom. The average Bonchev–Trinajstić information content (AvgIpc) is 2.36. The molecular formula is C14H23FN2O3S. The Hall–Kier alpha value is -1.02. The number of hydrogen-bond acceptors (Lipinski definition) is 4. The molecule has 7 heteroatoms. The zero-order valence-electron chi connectivity index (χ0n) is 12.9. The van der Waals surface area contributed by atoms with Crippen LogP contribution in [-0.2, 0) is 21.3 Å². The molecule has 0 fully saturated rings. The van der Waals surface area contributed by atoms with E-state index in [0.29, 0.717) is 12.1 Å². The van der Waals surface area contributed by atoms with Crippen LogP contribution in [-0.4, -0.2) is 34.2 Å². The Morgan fingerprint density at radius 3 is 2.57 bits per heavy atom. The van der Waals surface area contributed by atoms with Gasteiger partial charge in [-0.15, -0.1) is 0 Å². The number of ether oxygens (including phenoxy) is 1. The van der Waals surface area contributed by atoms with Crippen molar-refractivity contribution in [2.45, 2.75) is 37.8 Å². The molecule has 0 amide bonds. The first-order valence-electron chi connectivity index (χ1n) is 6.74. The maximum atomic E-state index is 13.9. The second-order valence-corrected chi connectivity index (χ2v) is 7.12. The lowest BCUT2D eigenvalue weighted by molar-refractivity contribution is 0.141. The van der Waals surface area contributed by atoms with Gasteiger partial charge in [0, 0.05) is 13.7 Å². The molecule has 0 spiro atoms. The topological polar surface area (TPSA) is 67.4 Å². The smallest absolute Gasteiger partial charge is 0.244 e. The summed E-state index contributed by atoms with van der Waals surface area (Å²) >= 11 is 0. The van der Waals surface area contributed by atoms with Gasteiger partial charge < -0.3 is 10.1 Å². The van der Waals surface area contributed by atoms with E-state index in [4.69, 9.17) is 4.74 Å². The van der Waals surface area contributed by atoms with Crippen molar-refractivity contribution >= 4 is 10.0 Å². The van der Waals surface area contributed by atoms with Crippen molar-refractivity contribution in [3.05, 3.63) is 29.6 Å². The summed E-state index contributed by atoms with van der Waals surface area (Å²) in [5, 5.41) is 3.07. The molecule has 1 aromatic rings. The van der Waals surface area contributed by atoms with Crippen LogP contribution in [0.25, 0.3) is 0 Å². The Morgan fingerprint density at radius 2 is 2.00 bits per heavy atom. The van der Waals surface area contributed by atoms with E-state index in [-0.39, 0.29) is 11.5 Å². The van der Waals surface area contributed by atoms with E-state index in [1.54, 1.807) is 19.9 Å². The molecule has 2 N–H and O–H groups in total. The van der Waals surface area contributed by atoms with Crippen molar-refractivity contribution in [2.75, 3.05) is 20.3 Å². The first-order valence-corrected chi connectivity index (χ1v) is 8.22. The van der Waals surface area contributed by atoms with Crippen LogP contribution in [0.2, 0.25) is 0 Å². The van der Waals surface area contributed by atoms with E-state index >= 15 is 0 Å². The van der Waals surface area contributed by atoms with Gasteiger partial charge in [0.1, 0.15) is 10.7 Å². The number of halogens is 1. The zero-order valence-corrected chi connectivity index (χ0v) is 13.7. The lowest BCUT2D eigenvalue weighted by Gasteiger charge is -2.25. The highest BCUT2D eigenvalue weighted by Crippen LogP contribution is 2.19. The fourth-order valence-electron chi connectivity index (χ4n) is 1.94. The van der Waals surface area contributed by atoms with E-state index in [9.17, 15) is 12.8 Å². The molecule has 5 nitrogen and oxygen atoms in total. The minimum atomic E-state index is -3.95. The molecule has 0 aliphatic heterocycles. The van der Waals surface area contributed by atoms with Crippen molar-refractivity contribution in [3.8, 4) is 0 Å². The molecule has 0 aliphatic carbocycles. The Kier molecular flexibility index (Phi) is 6.27. The predicted molar refractivity (Wildman–Crippen MR) is 80.1 cm³/mol. The van der Waals surface area contributed by atoms with Crippen molar-refractivity contribution in [1.29, 1.82) is 0 Å². The molecule has 21 heavy (non-hydrogen) atoms. The van der Waals surface area contributed by atoms with Gasteiger partial charge in [0.05, 0.1) is 12.1 Å². The van der Waals surface area contributed by atoms with Crippen LogP contribution in [0.1, 0.15) is 26.3 Å². The number of sulfonamides is 1. The average molecular weight is 318 g/mol. The number of methoxy groups -OCH3 is 1. The second kappa shape index (κ2) is 7.31. The molecule has 1 rings (SSSR count). The number of rotatable bonds is 8. The van der Waals surface area contributed by atoms with E-state index in [1.165, 1.54) is 19.2 Å². The summed E-state index contributed by atoms with van der Waals surface area (Å²) in [5.74, 6) is -0.768. The second-order valence-electron chi connectivity index (χ2n) is 5.47. The van der Waals surface area contributed by atoms with Crippen LogP contribution in [0.15, 0.2) is 23.1 Å². The fourth-order valence-corrected chi connectivity index (χ4v) is 3.47. The lowest BCUT2D eigenvalue weighted by Crippen LogP contribution is -2.46. The minimum absolute atomic E-state index is 0.185. The quantitative estimate of drug-likeness (QED) is 0.765. The minimum Gasteiger partial charge on any atom is -0.383 e. The third kappa shape index (κ3) is 5.35. The summed E-state index contributed by atoms with van der Waals surface area (Å²) in [4.78, 5) is -0.345. The number of hydrogen-bond donors (Lipinski definition) is 2. The Balaban J connectivity index is 3.07. The fraction of sp³-hybridized carbons (Fsp3) is 0.571. The Labute approximate surface area is 125 Å². The van der Waals surface area contributed by atoms with E-state index in [0.717, 1.165) is 6.54 Å². The molecule has 0 heterocycles. The van der Waals surface area contributed by atoms with Crippen LogP contribution in [0, 0.1) is 5.82 Å². The van der Waals surface area contributed by atoms with Gasteiger partial charge in [0.15, 0.2) is 0 Å². The normalized spacial score (nSPS) is 12.6. The molecule has 0 atom stereocenters. The standard InChI is InChI=1S/C14H23FN2O3S/c1-5-16-9-11-6-7-12(15)13(8-11)21(18,19)17-14(2,3)10-20-4/h6-8,16-17H,5,9-10H2,1-4H3. The van der Waals surface area contributed by atoms with Gasteiger partial charge in [-0.1, -0.05) is 13.0 Å². The van der Waals surface area contributed by atoms with Gasteiger partial charge in [-0.2, -0.15) is 0 Å². The van der Waals surface area contributed by atoms with Gasteiger partial charge in [0.25, 0.3) is 0 Å². The van der Waals surface area contributed by atoms with Crippen LogP contribution in [0.4, 0.5) is 4.39 Å². The molecule has 0 aromatic heterocycles. The summed E-state index contributed by atoms with van der Waals surface area (Å²) < 4.78 is 46.0. The van der Waals surface area contributed by atoms with Gasteiger partial charge in [-0.05, 0) is 38.1 Å². The molecule has 0 aliphatic rings. The predicted octanol–water partition coefficient (Wildman–Crippen LogP) is 1.64. The molecule has 0 bridgehead atoms. The summed E-state index contributed by atoms with van der Waals surface area (Å²) in [5.41, 5.74) is -0.110. The summed E-state index contributed by atoms with van der Waals surface area (Å²) in [6.07, 6.45) is 0. The summed E-state index contributed by atoms with van der Waals surface area (Å²) in [7, 11) is -2.47. The largest absolute Gasteiger partial charge is 0.383 e. The van der Waals surface area contributed by atoms with E-state index < -0.39 is 21.4 Å². The summed E-state index contributed by atoms with van der Waals surface area (Å²) in [6.45, 7) is 6.71. The highest BCUT2D eigenvalue weighted by Gasteiger charge is 2.28. The third-order valence-corrected chi connectivity index (χ3v) is 4.49. The lowest BCUT2D eigenvalue weighted by atomic mass is 10.1. The van der Waals surface area contributed by atoms with Gasteiger partial charge in [0.2, 0.25) is 10.0 Å². The molecule has 0 unspecified atom stereocenters. The molecule has 120 valence electrons. The molecular weight excluding hydrogens is 295 g/mol. The molecule has 0 saturated carbocycles. The van der Waals surface area contributed by atoms with Gasteiger partial charge >= 0.3 is 0 Å². The number of nitrogens with one attached hydrogen (secondary N) is 2. The third-order valence-electron chi connectivity index (χ3n) is 2.78. The highest BCUT2D eigenvalue weighted by atomic mass is 32.2. The first kappa shape index (κ1) is 18.0.